The first-order valence-corrected chi connectivity index (χ1v) is 7.80. The maximum Gasteiger partial charge on any atom is 0.328 e. The minimum atomic E-state index is -0.681. The fourth-order valence-corrected chi connectivity index (χ4v) is 2.05. The topological polar surface area (TPSA) is 73.9 Å². The van der Waals surface area contributed by atoms with Gasteiger partial charge in [0.2, 0.25) is 5.91 Å². The van der Waals surface area contributed by atoms with Gasteiger partial charge in [-0.3, -0.25) is 4.79 Å². The molecule has 1 aromatic carbocycles. The van der Waals surface area contributed by atoms with Crippen LogP contribution >= 0.6 is 0 Å². The molecule has 1 aromatic rings. The fourth-order valence-electron chi connectivity index (χ4n) is 2.05. The van der Waals surface area contributed by atoms with Crippen molar-refractivity contribution in [3.63, 3.8) is 0 Å². The third-order valence-electron chi connectivity index (χ3n) is 3.36. The van der Waals surface area contributed by atoms with Crippen LogP contribution in [0, 0.1) is 5.92 Å². The largest absolute Gasteiger partial charge is 0.497 e. The van der Waals surface area contributed by atoms with E-state index in [-0.39, 0.29) is 18.4 Å². The van der Waals surface area contributed by atoms with Crippen molar-refractivity contribution in [3.05, 3.63) is 29.8 Å². The summed E-state index contributed by atoms with van der Waals surface area (Å²) in [7, 11) is 3.11. The maximum atomic E-state index is 12.1. The highest BCUT2D eigenvalue weighted by molar-refractivity contribution is 5.95. The zero-order valence-electron chi connectivity index (χ0n) is 14.8. The molecule has 0 aromatic heterocycles. The minimum absolute atomic E-state index is 0.0723. The van der Waals surface area contributed by atoms with E-state index < -0.39 is 12.0 Å². The Kier molecular flexibility index (Phi) is 7.82. The van der Waals surface area contributed by atoms with Gasteiger partial charge in [-0.05, 0) is 31.1 Å². The third-order valence-corrected chi connectivity index (χ3v) is 3.36. The highest BCUT2D eigenvalue weighted by atomic mass is 16.5. The number of carbonyl (C=O) groups excluding carboxylic acids is 2. The molecular formula is C18H25NO5. The van der Waals surface area contributed by atoms with Crippen LogP contribution in [0.2, 0.25) is 0 Å². The Morgan fingerprint density at radius 1 is 1.21 bits per heavy atom. The lowest BCUT2D eigenvalue weighted by Gasteiger charge is -2.19. The number of hydrogen-bond acceptors (Lipinski definition) is 5. The van der Waals surface area contributed by atoms with E-state index in [1.165, 1.54) is 6.08 Å². The van der Waals surface area contributed by atoms with Gasteiger partial charge < -0.3 is 19.5 Å². The Bertz CT molecular complexity index is 595. The highest BCUT2D eigenvalue weighted by Crippen LogP contribution is 2.25. The van der Waals surface area contributed by atoms with Gasteiger partial charge in [-0.2, -0.15) is 0 Å². The molecule has 0 unspecified atom stereocenters. The van der Waals surface area contributed by atoms with Crippen molar-refractivity contribution in [1.82, 2.24) is 5.32 Å². The lowest BCUT2D eigenvalue weighted by Crippen LogP contribution is -2.44. The van der Waals surface area contributed by atoms with Crippen LogP contribution in [-0.2, 0) is 14.3 Å². The van der Waals surface area contributed by atoms with Crippen LogP contribution in [0.25, 0.3) is 6.08 Å². The molecule has 0 fully saturated rings. The van der Waals surface area contributed by atoms with E-state index >= 15 is 0 Å². The van der Waals surface area contributed by atoms with E-state index in [0.717, 1.165) is 5.56 Å². The number of nitrogens with one attached hydrogen (secondary N) is 1. The molecule has 1 rings (SSSR count). The van der Waals surface area contributed by atoms with Gasteiger partial charge in [0, 0.05) is 17.7 Å². The van der Waals surface area contributed by atoms with Crippen LogP contribution in [-0.4, -0.2) is 38.7 Å². The molecule has 0 aliphatic carbocycles. The summed E-state index contributed by atoms with van der Waals surface area (Å²) in [6, 6.07) is 4.61. The van der Waals surface area contributed by atoms with E-state index in [1.807, 2.05) is 13.8 Å². The van der Waals surface area contributed by atoms with Crippen LogP contribution in [0.15, 0.2) is 24.3 Å². The van der Waals surface area contributed by atoms with Gasteiger partial charge in [0.05, 0.1) is 20.8 Å². The standard InChI is InChI=1S/C18H25NO5/c1-6-24-18(21)17(12(2)3)19-16(20)10-8-13-7-9-14(22-4)11-15(13)23-5/h7-12,17H,6H2,1-5H3,(H,19,20)/b10-8+/t17-/m1/s1. The predicted octanol–water partition coefficient (Wildman–Crippen LogP) is 2.42. The van der Waals surface area contributed by atoms with Crippen molar-refractivity contribution in [1.29, 1.82) is 0 Å². The van der Waals surface area contributed by atoms with E-state index in [0.29, 0.717) is 11.5 Å². The normalized spacial score (nSPS) is 12.1. The first-order chi connectivity index (χ1) is 11.4. The van der Waals surface area contributed by atoms with Crippen molar-refractivity contribution < 1.29 is 23.8 Å². The Balaban J connectivity index is 2.82. The quantitative estimate of drug-likeness (QED) is 0.583. The molecule has 24 heavy (non-hydrogen) atoms. The summed E-state index contributed by atoms with van der Waals surface area (Å²) >= 11 is 0. The van der Waals surface area contributed by atoms with Gasteiger partial charge in [0.1, 0.15) is 17.5 Å². The second kappa shape index (κ2) is 9.60. The highest BCUT2D eigenvalue weighted by Gasteiger charge is 2.24. The average Bonchev–Trinajstić information content (AvgIpc) is 2.57. The number of benzene rings is 1. The molecule has 0 saturated heterocycles. The fraction of sp³-hybridized carbons (Fsp3) is 0.444. The molecule has 1 atom stereocenters. The van der Waals surface area contributed by atoms with Crippen molar-refractivity contribution >= 4 is 18.0 Å². The third kappa shape index (κ3) is 5.61. The van der Waals surface area contributed by atoms with Crippen LogP contribution in [0.5, 0.6) is 11.5 Å². The number of carbonyl (C=O) groups is 2. The van der Waals surface area contributed by atoms with Gasteiger partial charge in [-0.25, -0.2) is 4.79 Å². The van der Waals surface area contributed by atoms with Crippen molar-refractivity contribution in [2.45, 2.75) is 26.8 Å². The van der Waals surface area contributed by atoms with Gasteiger partial charge in [-0.1, -0.05) is 13.8 Å². The number of ether oxygens (including phenoxy) is 3. The molecule has 0 aliphatic heterocycles. The molecule has 0 saturated carbocycles. The van der Waals surface area contributed by atoms with E-state index in [2.05, 4.69) is 5.32 Å². The van der Waals surface area contributed by atoms with Crippen molar-refractivity contribution in [3.8, 4) is 11.5 Å². The summed E-state index contributed by atoms with van der Waals surface area (Å²) in [5, 5.41) is 2.67. The molecule has 0 heterocycles. The number of rotatable bonds is 8. The SMILES string of the molecule is CCOC(=O)[C@H](NC(=O)/C=C/c1ccc(OC)cc1OC)C(C)C. The van der Waals surface area contributed by atoms with E-state index in [4.69, 9.17) is 14.2 Å². The lowest BCUT2D eigenvalue weighted by molar-refractivity contribution is -0.148. The molecule has 6 heteroatoms. The lowest BCUT2D eigenvalue weighted by atomic mass is 10.0. The molecule has 0 aliphatic rings. The molecule has 0 radical (unpaired) electrons. The molecule has 1 amide bonds. The summed E-state index contributed by atoms with van der Waals surface area (Å²) in [5.74, 6) is 0.368. The summed E-state index contributed by atoms with van der Waals surface area (Å²) in [6.45, 7) is 5.69. The monoisotopic (exact) mass is 335 g/mol. The Hall–Kier alpha value is -2.50. The van der Waals surface area contributed by atoms with Crippen molar-refractivity contribution in [2.24, 2.45) is 5.92 Å². The first kappa shape index (κ1) is 19.5. The zero-order chi connectivity index (χ0) is 18.1. The summed E-state index contributed by atoms with van der Waals surface area (Å²) in [5.41, 5.74) is 0.727. The van der Waals surface area contributed by atoms with Crippen LogP contribution in [0.3, 0.4) is 0 Å². The maximum absolute atomic E-state index is 12.1. The molecule has 1 N–H and O–H groups in total. The summed E-state index contributed by atoms with van der Waals surface area (Å²) < 4.78 is 15.4. The van der Waals surface area contributed by atoms with E-state index in [9.17, 15) is 9.59 Å². The second-order valence-electron chi connectivity index (χ2n) is 5.42. The molecule has 132 valence electrons. The van der Waals surface area contributed by atoms with Crippen molar-refractivity contribution in [2.75, 3.05) is 20.8 Å². The second-order valence-corrected chi connectivity index (χ2v) is 5.42. The van der Waals surface area contributed by atoms with E-state index in [1.54, 1.807) is 45.4 Å². The van der Waals surface area contributed by atoms with Gasteiger partial charge in [0.15, 0.2) is 0 Å². The number of methoxy groups -OCH3 is 2. The van der Waals surface area contributed by atoms with Crippen LogP contribution in [0.1, 0.15) is 26.3 Å². The average molecular weight is 335 g/mol. The number of amides is 1. The molecular weight excluding hydrogens is 310 g/mol. The van der Waals surface area contributed by atoms with Crippen LogP contribution in [0.4, 0.5) is 0 Å². The Morgan fingerprint density at radius 2 is 1.92 bits per heavy atom. The predicted molar refractivity (Wildman–Crippen MR) is 92.0 cm³/mol. The smallest absolute Gasteiger partial charge is 0.328 e. The number of hydrogen-bond donors (Lipinski definition) is 1. The molecule has 0 spiro atoms. The molecule has 0 bridgehead atoms. The molecule has 6 nitrogen and oxygen atoms in total. The van der Waals surface area contributed by atoms with Gasteiger partial charge in [0.25, 0.3) is 0 Å². The van der Waals surface area contributed by atoms with Crippen LogP contribution < -0.4 is 14.8 Å². The minimum Gasteiger partial charge on any atom is -0.497 e. The summed E-state index contributed by atoms with van der Waals surface area (Å²) in [4.78, 5) is 24.0. The number of esters is 1. The van der Waals surface area contributed by atoms with Gasteiger partial charge >= 0.3 is 5.97 Å². The zero-order valence-corrected chi connectivity index (χ0v) is 14.8. The first-order valence-electron chi connectivity index (χ1n) is 7.80. The Labute approximate surface area is 142 Å². The summed E-state index contributed by atoms with van der Waals surface area (Å²) in [6.07, 6.45) is 2.98. The Morgan fingerprint density at radius 3 is 2.46 bits per heavy atom. The van der Waals surface area contributed by atoms with Gasteiger partial charge in [-0.15, -0.1) is 0 Å².